The molecule has 0 N–H and O–H groups in total. The highest BCUT2D eigenvalue weighted by Gasteiger charge is 2.24. The largest absolute Gasteiger partial charge is 0.462 e. The Hall–Kier alpha value is -1.97. The third-order valence-electron chi connectivity index (χ3n) is 3.31. The molecule has 0 aliphatic carbocycles. The van der Waals surface area contributed by atoms with E-state index < -0.39 is 0 Å². The predicted octanol–water partition coefficient (Wildman–Crippen LogP) is 4.25. The fourth-order valence-electron chi connectivity index (χ4n) is 2.20. The van der Waals surface area contributed by atoms with Crippen molar-refractivity contribution < 1.29 is 9.53 Å². The van der Waals surface area contributed by atoms with Crippen molar-refractivity contribution in [2.24, 2.45) is 0 Å². The molecule has 2 rings (SSSR count). The number of nitrogens with zero attached hydrogens (tertiary/aromatic N) is 2. The molecule has 0 unspecified atom stereocenters. The van der Waals surface area contributed by atoms with Gasteiger partial charge in [0.25, 0.3) is 0 Å². The lowest BCUT2D eigenvalue weighted by Crippen LogP contribution is -2.08. The van der Waals surface area contributed by atoms with Crippen LogP contribution < -0.4 is 4.90 Å². The van der Waals surface area contributed by atoms with Gasteiger partial charge >= 0.3 is 5.97 Å². The molecule has 0 spiro atoms. The van der Waals surface area contributed by atoms with Crippen LogP contribution in [0, 0.1) is 11.3 Å². The Labute approximate surface area is 144 Å². The van der Waals surface area contributed by atoms with Gasteiger partial charge in [-0.1, -0.05) is 12.1 Å². The first-order valence-electron chi connectivity index (χ1n) is 7.09. The van der Waals surface area contributed by atoms with Crippen LogP contribution in [0.5, 0.6) is 0 Å². The summed E-state index contributed by atoms with van der Waals surface area (Å²) in [5.41, 5.74) is 3.13. The van der Waals surface area contributed by atoms with E-state index in [1.54, 1.807) is 6.92 Å². The van der Waals surface area contributed by atoms with Gasteiger partial charge in [-0.15, -0.1) is 23.1 Å². The maximum atomic E-state index is 12.3. The topological polar surface area (TPSA) is 53.3 Å². The Morgan fingerprint density at radius 2 is 2.00 bits per heavy atom. The molecule has 0 aliphatic heterocycles. The molecule has 2 aromatic rings. The van der Waals surface area contributed by atoms with Crippen molar-refractivity contribution in [1.29, 1.82) is 5.26 Å². The second-order valence-corrected chi connectivity index (χ2v) is 7.04. The summed E-state index contributed by atoms with van der Waals surface area (Å²) in [5.74, 6) is -0.374. The summed E-state index contributed by atoms with van der Waals surface area (Å²) >= 11 is 2.79. The minimum Gasteiger partial charge on any atom is -0.462 e. The highest BCUT2D eigenvalue weighted by Crippen LogP contribution is 2.41. The van der Waals surface area contributed by atoms with E-state index >= 15 is 0 Å². The third-order valence-corrected chi connectivity index (χ3v) is 5.60. The number of carbonyl (C=O) groups excluding carboxylic acids is 1. The fraction of sp³-hybridized carbons (Fsp3) is 0.294. The van der Waals surface area contributed by atoms with E-state index in [9.17, 15) is 10.1 Å². The van der Waals surface area contributed by atoms with Crippen LogP contribution in [0.1, 0.15) is 22.2 Å². The van der Waals surface area contributed by atoms with Gasteiger partial charge in [0, 0.05) is 25.3 Å². The van der Waals surface area contributed by atoms with Crippen LogP contribution in [0.3, 0.4) is 0 Å². The summed E-state index contributed by atoms with van der Waals surface area (Å²) in [6.45, 7) is 2.09. The van der Waals surface area contributed by atoms with E-state index in [1.807, 2.05) is 49.5 Å². The Morgan fingerprint density at radius 3 is 2.48 bits per heavy atom. The van der Waals surface area contributed by atoms with Crippen molar-refractivity contribution in [3.63, 3.8) is 0 Å². The first kappa shape index (κ1) is 17.4. The van der Waals surface area contributed by atoms with Crippen LogP contribution >= 0.6 is 23.1 Å². The van der Waals surface area contributed by atoms with Crippen LogP contribution in [-0.2, 0) is 4.74 Å². The van der Waals surface area contributed by atoms with E-state index in [-0.39, 0.29) is 5.97 Å². The minimum atomic E-state index is -0.374. The van der Waals surface area contributed by atoms with Crippen LogP contribution in [0.25, 0.3) is 11.1 Å². The van der Waals surface area contributed by atoms with Gasteiger partial charge in [-0.2, -0.15) is 5.26 Å². The molecule has 0 aliphatic rings. The standard InChI is InChI=1S/C17H18N2O2S2/c1-5-21-16(20)15-14(13(10-18)17(22-4)23-15)11-6-8-12(9-7-11)19(2)3/h6-9H,5H2,1-4H3. The summed E-state index contributed by atoms with van der Waals surface area (Å²) in [6, 6.07) is 10.1. The average Bonchev–Trinajstić information content (AvgIpc) is 2.93. The number of benzene rings is 1. The molecular formula is C17H18N2O2S2. The van der Waals surface area contributed by atoms with Gasteiger partial charge in [0.05, 0.1) is 16.4 Å². The maximum Gasteiger partial charge on any atom is 0.349 e. The molecular weight excluding hydrogens is 328 g/mol. The third kappa shape index (κ3) is 3.52. The quantitative estimate of drug-likeness (QED) is 0.598. The van der Waals surface area contributed by atoms with Crippen LogP contribution in [0.2, 0.25) is 0 Å². The van der Waals surface area contributed by atoms with E-state index in [1.165, 1.54) is 23.1 Å². The van der Waals surface area contributed by atoms with Gasteiger partial charge in [0.1, 0.15) is 10.9 Å². The zero-order valence-corrected chi connectivity index (χ0v) is 15.2. The van der Waals surface area contributed by atoms with Crippen molar-refractivity contribution in [3.05, 3.63) is 34.7 Å². The lowest BCUT2D eigenvalue weighted by molar-refractivity contribution is 0.0533. The number of nitriles is 1. The molecule has 0 atom stereocenters. The van der Waals surface area contributed by atoms with Gasteiger partial charge in [-0.3, -0.25) is 0 Å². The van der Waals surface area contributed by atoms with Crippen LogP contribution in [-0.4, -0.2) is 32.9 Å². The molecule has 0 amide bonds. The first-order chi connectivity index (χ1) is 11.0. The SMILES string of the molecule is CCOC(=O)c1sc(SC)c(C#N)c1-c1ccc(N(C)C)cc1. The molecule has 0 saturated heterocycles. The number of ether oxygens (including phenoxy) is 1. The molecule has 0 saturated carbocycles. The summed E-state index contributed by atoms with van der Waals surface area (Å²) in [7, 11) is 3.94. The average molecular weight is 346 g/mol. The zero-order valence-electron chi connectivity index (χ0n) is 13.5. The van der Waals surface area contributed by atoms with E-state index in [2.05, 4.69) is 6.07 Å². The number of rotatable bonds is 5. The van der Waals surface area contributed by atoms with Gasteiger partial charge < -0.3 is 9.64 Å². The van der Waals surface area contributed by atoms with Crippen molar-refractivity contribution in [1.82, 2.24) is 0 Å². The molecule has 120 valence electrons. The summed E-state index contributed by atoms with van der Waals surface area (Å²) in [6.07, 6.45) is 1.90. The smallest absolute Gasteiger partial charge is 0.349 e. The second-order valence-electron chi connectivity index (χ2n) is 4.95. The van der Waals surface area contributed by atoms with Gasteiger partial charge in [0.15, 0.2) is 0 Å². The van der Waals surface area contributed by atoms with E-state index in [0.717, 1.165) is 15.5 Å². The molecule has 6 heteroatoms. The molecule has 0 radical (unpaired) electrons. The first-order valence-corrected chi connectivity index (χ1v) is 9.13. The van der Waals surface area contributed by atoms with Crippen molar-refractivity contribution in [3.8, 4) is 17.2 Å². The van der Waals surface area contributed by atoms with Gasteiger partial charge in [-0.05, 0) is 30.9 Å². The number of thioether (sulfide) groups is 1. The monoisotopic (exact) mass is 346 g/mol. The highest BCUT2D eigenvalue weighted by atomic mass is 32.2. The minimum absolute atomic E-state index is 0.312. The normalized spacial score (nSPS) is 10.2. The van der Waals surface area contributed by atoms with Crippen molar-refractivity contribution in [2.45, 2.75) is 11.1 Å². The number of hydrogen-bond donors (Lipinski definition) is 0. The number of anilines is 1. The van der Waals surface area contributed by atoms with Crippen molar-refractivity contribution >= 4 is 34.8 Å². The number of thiophene rings is 1. The van der Waals surface area contributed by atoms with Crippen LogP contribution in [0.15, 0.2) is 28.5 Å². The highest BCUT2D eigenvalue weighted by molar-refractivity contribution is 8.00. The summed E-state index contributed by atoms with van der Waals surface area (Å²) < 4.78 is 5.99. The summed E-state index contributed by atoms with van der Waals surface area (Å²) in [4.78, 5) is 14.8. The number of hydrogen-bond acceptors (Lipinski definition) is 6. The van der Waals surface area contributed by atoms with Gasteiger partial charge in [-0.25, -0.2) is 4.79 Å². The molecule has 1 heterocycles. The Morgan fingerprint density at radius 1 is 1.35 bits per heavy atom. The zero-order chi connectivity index (χ0) is 17.0. The molecule has 1 aromatic carbocycles. The van der Waals surface area contributed by atoms with E-state index in [4.69, 9.17) is 4.74 Å². The molecule has 0 bridgehead atoms. The Bertz CT molecular complexity index is 743. The predicted molar refractivity (Wildman–Crippen MR) is 96.5 cm³/mol. The second kappa shape index (κ2) is 7.53. The van der Waals surface area contributed by atoms with Crippen molar-refractivity contribution in [2.75, 3.05) is 31.9 Å². The van der Waals surface area contributed by atoms with E-state index in [0.29, 0.717) is 22.6 Å². The number of carbonyl (C=O) groups is 1. The molecule has 23 heavy (non-hydrogen) atoms. The molecule has 1 aromatic heterocycles. The van der Waals surface area contributed by atoms with Crippen LogP contribution in [0.4, 0.5) is 5.69 Å². The molecule has 0 fully saturated rings. The lowest BCUT2D eigenvalue weighted by atomic mass is 10.0. The maximum absolute atomic E-state index is 12.3. The summed E-state index contributed by atoms with van der Waals surface area (Å²) in [5, 5.41) is 9.54. The Kier molecular flexibility index (Phi) is 5.69. The van der Waals surface area contributed by atoms with Gasteiger partial charge in [0.2, 0.25) is 0 Å². The lowest BCUT2D eigenvalue weighted by Gasteiger charge is -2.13. The Balaban J connectivity index is 2.61. The fourth-order valence-corrected chi connectivity index (χ4v) is 4.03. The molecule has 4 nitrogen and oxygen atoms in total. The number of esters is 1.